The summed E-state index contributed by atoms with van der Waals surface area (Å²) in [6, 6.07) is 0. The van der Waals surface area contributed by atoms with Gasteiger partial charge in [0, 0.05) is 11.8 Å². The van der Waals surface area contributed by atoms with Crippen LogP contribution in [-0.2, 0) is 14.3 Å². The van der Waals surface area contributed by atoms with Gasteiger partial charge in [0.2, 0.25) is 0 Å². The molecule has 2 rings (SSSR count). The van der Waals surface area contributed by atoms with E-state index in [9.17, 15) is 20.1 Å². The molecule has 132 valence electrons. The van der Waals surface area contributed by atoms with Gasteiger partial charge in [-0.05, 0) is 32.8 Å². The van der Waals surface area contributed by atoms with E-state index in [1.165, 1.54) is 6.08 Å². The third-order valence-electron chi connectivity index (χ3n) is 5.05. The molecule has 2 aliphatic heterocycles. The molecule has 0 aromatic carbocycles. The number of aliphatic hydroxyl groups is 3. The third-order valence-corrected chi connectivity index (χ3v) is 5.05. The number of rotatable bonds is 7. The van der Waals surface area contributed by atoms with Crippen LogP contribution in [0.5, 0.6) is 0 Å². The van der Waals surface area contributed by atoms with Crippen LogP contribution < -0.4 is 0 Å². The van der Waals surface area contributed by atoms with E-state index in [1.54, 1.807) is 13.8 Å². The summed E-state index contributed by atoms with van der Waals surface area (Å²) >= 11 is 0. The van der Waals surface area contributed by atoms with Crippen LogP contribution >= 0.6 is 0 Å². The van der Waals surface area contributed by atoms with Crippen LogP contribution in [-0.4, -0.2) is 64.8 Å². The highest BCUT2D eigenvalue weighted by Crippen LogP contribution is 2.38. The van der Waals surface area contributed by atoms with E-state index in [1.807, 2.05) is 6.92 Å². The molecule has 2 saturated heterocycles. The van der Waals surface area contributed by atoms with Gasteiger partial charge in [-0.2, -0.15) is 0 Å². The molecule has 0 aromatic rings. The van der Waals surface area contributed by atoms with Crippen LogP contribution in [0.1, 0.15) is 33.6 Å². The highest BCUT2D eigenvalue weighted by molar-refractivity contribution is 5.65. The minimum atomic E-state index is -0.977. The summed E-state index contributed by atoms with van der Waals surface area (Å²) in [5.41, 5.74) is 0.811. The summed E-state index contributed by atoms with van der Waals surface area (Å²) < 4.78 is 11.3. The number of aldehydes is 1. The van der Waals surface area contributed by atoms with E-state index in [0.717, 1.165) is 5.57 Å². The Hall–Kier alpha value is -0.790. The second kappa shape index (κ2) is 7.85. The van der Waals surface area contributed by atoms with Crippen LogP contribution in [0.15, 0.2) is 11.6 Å². The molecule has 2 aliphatic rings. The van der Waals surface area contributed by atoms with Crippen LogP contribution in [0.3, 0.4) is 0 Å². The smallest absolute Gasteiger partial charge is 0.142 e. The second-order valence-corrected chi connectivity index (χ2v) is 6.94. The number of aliphatic hydroxyl groups excluding tert-OH is 3. The molecule has 0 spiro atoms. The van der Waals surface area contributed by atoms with Crippen molar-refractivity contribution < 1.29 is 29.6 Å². The second-order valence-electron chi connectivity index (χ2n) is 6.94. The molecule has 6 nitrogen and oxygen atoms in total. The highest BCUT2D eigenvalue weighted by atomic mass is 16.6. The maximum Gasteiger partial charge on any atom is 0.142 e. The predicted molar refractivity (Wildman–Crippen MR) is 83.8 cm³/mol. The zero-order valence-electron chi connectivity index (χ0n) is 14.0. The van der Waals surface area contributed by atoms with Gasteiger partial charge in [-0.1, -0.05) is 12.5 Å². The van der Waals surface area contributed by atoms with Crippen molar-refractivity contribution in [2.75, 3.05) is 6.61 Å². The van der Waals surface area contributed by atoms with Gasteiger partial charge in [0.15, 0.2) is 0 Å². The van der Waals surface area contributed by atoms with Gasteiger partial charge in [0.05, 0.1) is 37.1 Å². The number of epoxide rings is 1. The fourth-order valence-electron chi connectivity index (χ4n) is 3.21. The Kier molecular flexibility index (Phi) is 6.33. The van der Waals surface area contributed by atoms with E-state index in [2.05, 4.69) is 0 Å². The average molecular weight is 328 g/mol. The molecule has 0 unspecified atom stereocenters. The predicted octanol–water partition coefficient (Wildman–Crippen LogP) is 0.433. The highest BCUT2D eigenvalue weighted by Gasteiger charge is 2.48. The average Bonchev–Trinajstić information content (AvgIpc) is 3.25. The summed E-state index contributed by atoms with van der Waals surface area (Å²) in [5, 5.41) is 30.2. The monoisotopic (exact) mass is 328 g/mol. The molecule has 3 N–H and O–H groups in total. The number of allylic oxidation sites excluding steroid dienone is 1. The van der Waals surface area contributed by atoms with Crippen molar-refractivity contribution in [1.82, 2.24) is 0 Å². The molecule has 0 saturated carbocycles. The number of carbonyl (C=O) groups is 1. The standard InChI is InChI=1S/C17H28O6/c1-9(4-5-18)6-13-16(21)15(20)12(8-22-13)7-14-17(23-14)10(2)11(3)19/h4-5,10-17,19-21H,6-8H2,1-3H3/b9-4+/t10-,11-,12-,13-,14-,15+,16-,17-/m0/s1. The Morgan fingerprint density at radius 3 is 2.57 bits per heavy atom. The normalized spacial score (nSPS) is 40.5. The van der Waals surface area contributed by atoms with E-state index >= 15 is 0 Å². The summed E-state index contributed by atoms with van der Waals surface area (Å²) in [6.45, 7) is 5.83. The molecule has 0 amide bonds. The molecule has 0 aromatic heterocycles. The summed E-state index contributed by atoms with van der Waals surface area (Å²) in [6.07, 6.45) is 0.413. The number of hydrogen-bond donors (Lipinski definition) is 3. The molecule has 0 aliphatic carbocycles. The summed E-state index contributed by atoms with van der Waals surface area (Å²) in [4.78, 5) is 10.5. The Bertz CT molecular complexity index is 435. The molecule has 8 atom stereocenters. The lowest BCUT2D eigenvalue weighted by Gasteiger charge is -2.37. The first kappa shape index (κ1) is 18.5. The maximum absolute atomic E-state index is 10.5. The Labute approximate surface area is 137 Å². The van der Waals surface area contributed by atoms with Gasteiger partial charge >= 0.3 is 0 Å². The molecular formula is C17H28O6. The molecule has 0 bridgehead atoms. The van der Waals surface area contributed by atoms with E-state index < -0.39 is 24.4 Å². The lowest BCUT2D eigenvalue weighted by molar-refractivity contribution is -0.165. The van der Waals surface area contributed by atoms with Crippen molar-refractivity contribution >= 4 is 6.29 Å². The summed E-state index contributed by atoms with van der Waals surface area (Å²) in [5.74, 6) is -0.136. The molecule has 0 radical (unpaired) electrons. The van der Waals surface area contributed by atoms with Gasteiger partial charge in [-0.15, -0.1) is 0 Å². The van der Waals surface area contributed by atoms with E-state index in [-0.39, 0.29) is 24.0 Å². The zero-order valence-corrected chi connectivity index (χ0v) is 14.0. The first-order valence-electron chi connectivity index (χ1n) is 8.27. The van der Waals surface area contributed by atoms with Gasteiger partial charge in [0.1, 0.15) is 12.4 Å². The van der Waals surface area contributed by atoms with Crippen LogP contribution in [0.25, 0.3) is 0 Å². The van der Waals surface area contributed by atoms with Gasteiger partial charge in [-0.3, -0.25) is 4.79 Å². The van der Waals surface area contributed by atoms with Gasteiger partial charge < -0.3 is 24.8 Å². The summed E-state index contributed by atoms with van der Waals surface area (Å²) in [7, 11) is 0. The topological polar surface area (TPSA) is 99.5 Å². The van der Waals surface area contributed by atoms with E-state index in [0.29, 0.717) is 25.7 Å². The van der Waals surface area contributed by atoms with Crippen molar-refractivity contribution in [3.05, 3.63) is 11.6 Å². The molecule has 6 heteroatoms. The molecular weight excluding hydrogens is 300 g/mol. The first-order chi connectivity index (χ1) is 10.8. The lowest BCUT2D eigenvalue weighted by atomic mass is 9.85. The Balaban J connectivity index is 1.84. The van der Waals surface area contributed by atoms with Crippen molar-refractivity contribution in [3.8, 4) is 0 Å². The largest absolute Gasteiger partial charge is 0.393 e. The Morgan fingerprint density at radius 2 is 1.96 bits per heavy atom. The fourth-order valence-corrected chi connectivity index (χ4v) is 3.21. The Morgan fingerprint density at radius 1 is 1.26 bits per heavy atom. The van der Waals surface area contributed by atoms with Crippen LogP contribution in [0.4, 0.5) is 0 Å². The minimum absolute atomic E-state index is 0.00305. The van der Waals surface area contributed by atoms with Crippen molar-refractivity contribution in [2.24, 2.45) is 11.8 Å². The van der Waals surface area contributed by atoms with E-state index in [4.69, 9.17) is 9.47 Å². The first-order valence-corrected chi connectivity index (χ1v) is 8.27. The number of ether oxygens (including phenoxy) is 2. The molecule has 2 fully saturated rings. The van der Waals surface area contributed by atoms with Gasteiger partial charge in [-0.25, -0.2) is 0 Å². The van der Waals surface area contributed by atoms with Crippen molar-refractivity contribution in [1.29, 1.82) is 0 Å². The van der Waals surface area contributed by atoms with Crippen LogP contribution in [0, 0.1) is 11.8 Å². The quantitative estimate of drug-likeness (QED) is 0.356. The molecule has 23 heavy (non-hydrogen) atoms. The zero-order chi connectivity index (χ0) is 17.1. The minimum Gasteiger partial charge on any atom is -0.393 e. The third kappa shape index (κ3) is 4.61. The fraction of sp³-hybridized carbons (Fsp3) is 0.824. The van der Waals surface area contributed by atoms with Gasteiger partial charge in [0.25, 0.3) is 0 Å². The lowest BCUT2D eigenvalue weighted by Crippen LogP contribution is -2.50. The van der Waals surface area contributed by atoms with Crippen molar-refractivity contribution in [2.45, 2.75) is 70.2 Å². The number of carbonyl (C=O) groups excluding carboxylic acids is 1. The van der Waals surface area contributed by atoms with Crippen LogP contribution in [0.2, 0.25) is 0 Å². The maximum atomic E-state index is 10.5. The molecule has 2 heterocycles. The van der Waals surface area contributed by atoms with Crippen molar-refractivity contribution in [3.63, 3.8) is 0 Å². The SMILES string of the molecule is C/C(=C\C=O)C[C@@H]1OC[C@H](C[C@@H]2O[C@H]2[C@@H](C)[C@H](C)O)[C@@H](O)[C@H]1O. The number of hydrogen-bond acceptors (Lipinski definition) is 6.